The molecule has 5 heteroatoms. The summed E-state index contributed by atoms with van der Waals surface area (Å²) in [6.07, 6.45) is 0.988. The lowest BCUT2D eigenvalue weighted by atomic mass is 10.2. The van der Waals surface area contributed by atoms with E-state index >= 15 is 0 Å². The summed E-state index contributed by atoms with van der Waals surface area (Å²) in [5, 5.41) is -0.115. The number of fused-ring (bicyclic) bond motifs is 1. The minimum Gasteiger partial charge on any atom is -0.383 e. The van der Waals surface area contributed by atoms with Crippen LogP contribution in [0.1, 0.15) is 37.5 Å². The van der Waals surface area contributed by atoms with Crippen LogP contribution < -0.4 is 0 Å². The summed E-state index contributed by atoms with van der Waals surface area (Å²) in [7, 11) is 1.73. The van der Waals surface area contributed by atoms with Gasteiger partial charge in [0, 0.05) is 10.7 Å². The molecule has 2 aromatic rings. The molecule has 0 bridgehead atoms. The van der Waals surface area contributed by atoms with E-state index in [1.165, 1.54) is 3.57 Å². The molecule has 2 atom stereocenters. The Morgan fingerprint density at radius 1 is 1.47 bits per heavy atom. The van der Waals surface area contributed by atoms with Gasteiger partial charge in [-0.2, -0.15) is 0 Å². The van der Waals surface area contributed by atoms with Crippen molar-refractivity contribution in [1.29, 1.82) is 0 Å². The fraction of sp³-hybridized carbons (Fsp3) is 0.500. The van der Waals surface area contributed by atoms with Gasteiger partial charge in [0.05, 0.1) is 29.1 Å². The average Bonchev–Trinajstić information content (AvgIpc) is 2.74. The Morgan fingerprint density at radius 3 is 2.79 bits per heavy atom. The van der Waals surface area contributed by atoms with Gasteiger partial charge in [0.2, 0.25) is 0 Å². The van der Waals surface area contributed by atoms with Crippen molar-refractivity contribution in [2.24, 2.45) is 0 Å². The molecule has 104 valence electrons. The van der Waals surface area contributed by atoms with Gasteiger partial charge in [-0.25, -0.2) is 4.98 Å². The quantitative estimate of drug-likeness (QED) is 0.552. The van der Waals surface area contributed by atoms with Crippen LogP contribution in [-0.4, -0.2) is 23.3 Å². The first-order chi connectivity index (χ1) is 9.08. The standard InChI is InChI=1S/C14H18ClIN2O/c1-4-11(8-19-3)18-13-6-5-10(16)7-12(13)17-14(18)9(2)15/h5-7,9,11H,4,8H2,1-3H3. The molecule has 0 spiro atoms. The number of methoxy groups -OCH3 is 1. The maximum Gasteiger partial charge on any atom is 0.128 e. The molecule has 0 fully saturated rings. The first-order valence-electron chi connectivity index (χ1n) is 6.38. The molecule has 0 aliphatic rings. The predicted octanol–water partition coefficient (Wildman–Crippen LogP) is 4.54. The molecule has 1 aromatic carbocycles. The number of ether oxygens (including phenoxy) is 1. The molecule has 3 nitrogen and oxygen atoms in total. The molecular weight excluding hydrogens is 375 g/mol. The summed E-state index contributed by atoms with van der Waals surface area (Å²) in [6, 6.07) is 6.58. The summed E-state index contributed by atoms with van der Waals surface area (Å²) in [4.78, 5) is 4.69. The van der Waals surface area contributed by atoms with Crippen LogP contribution in [0.3, 0.4) is 0 Å². The molecule has 0 aliphatic heterocycles. The van der Waals surface area contributed by atoms with Gasteiger partial charge >= 0.3 is 0 Å². The van der Waals surface area contributed by atoms with Gasteiger partial charge in [-0.1, -0.05) is 6.92 Å². The third-order valence-electron chi connectivity index (χ3n) is 3.23. The van der Waals surface area contributed by atoms with Gasteiger partial charge < -0.3 is 9.30 Å². The third-order valence-corrected chi connectivity index (χ3v) is 4.10. The summed E-state index contributed by atoms with van der Waals surface area (Å²) < 4.78 is 8.75. The summed E-state index contributed by atoms with van der Waals surface area (Å²) >= 11 is 8.60. The second kappa shape index (κ2) is 6.41. The van der Waals surface area contributed by atoms with Crippen molar-refractivity contribution in [2.45, 2.75) is 31.7 Å². The molecule has 0 saturated heterocycles. The smallest absolute Gasteiger partial charge is 0.128 e. The molecule has 2 unspecified atom stereocenters. The van der Waals surface area contributed by atoms with Crippen molar-refractivity contribution in [1.82, 2.24) is 9.55 Å². The highest BCUT2D eigenvalue weighted by Crippen LogP contribution is 2.30. The largest absolute Gasteiger partial charge is 0.383 e. The molecule has 0 radical (unpaired) electrons. The van der Waals surface area contributed by atoms with Crippen molar-refractivity contribution in [3.63, 3.8) is 0 Å². The molecule has 2 rings (SSSR count). The fourth-order valence-corrected chi connectivity index (χ4v) is 2.95. The van der Waals surface area contributed by atoms with E-state index in [2.05, 4.69) is 52.3 Å². The summed E-state index contributed by atoms with van der Waals surface area (Å²) in [6.45, 7) is 4.79. The van der Waals surface area contributed by atoms with E-state index < -0.39 is 0 Å². The molecule has 1 heterocycles. The maximum absolute atomic E-state index is 6.29. The second-order valence-electron chi connectivity index (χ2n) is 4.61. The van der Waals surface area contributed by atoms with Crippen molar-refractivity contribution < 1.29 is 4.74 Å². The minimum atomic E-state index is -0.115. The van der Waals surface area contributed by atoms with Gasteiger partial charge in [0.15, 0.2) is 0 Å². The lowest BCUT2D eigenvalue weighted by Gasteiger charge is -2.20. The normalized spacial score (nSPS) is 14.8. The molecule has 1 aromatic heterocycles. The zero-order valence-corrected chi connectivity index (χ0v) is 14.3. The maximum atomic E-state index is 6.29. The first kappa shape index (κ1) is 15.1. The Bertz CT molecular complexity index is 568. The van der Waals surface area contributed by atoms with Crippen molar-refractivity contribution in [3.05, 3.63) is 27.6 Å². The highest BCUT2D eigenvalue weighted by atomic mass is 127. The fourth-order valence-electron chi connectivity index (χ4n) is 2.32. The van der Waals surface area contributed by atoms with E-state index in [1.54, 1.807) is 7.11 Å². The zero-order valence-electron chi connectivity index (χ0n) is 11.4. The Kier molecular flexibility index (Phi) is 5.09. The molecular formula is C14H18ClIN2O. The van der Waals surface area contributed by atoms with Crippen LogP contribution in [0.2, 0.25) is 0 Å². The highest BCUT2D eigenvalue weighted by molar-refractivity contribution is 14.1. The number of aromatic nitrogens is 2. The SMILES string of the molecule is CCC(COC)n1c(C(C)Cl)nc2cc(I)ccc21. The van der Waals surface area contributed by atoms with Gasteiger partial charge in [0.1, 0.15) is 5.82 Å². The van der Waals surface area contributed by atoms with E-state index in [9.17, 15) is 0 Å². The lowest BCUT2D eigenvalue weighted by molar-refractivity contribution is 0.153. The number of rotatable bonds is 5. The third kappa shape index (κ3) is 3.06. The minimum absolute atomic E-state index is 0.115. The number of hydrogen-bond acceptors (Lipinski definition) is 2. The van der Waals surface area contributed by atoms with Crippen LogP contribution in [0, 0.1) is 3.57 Å². The summed E-state index contributed by atoms with van der Waals surface area (Å²) in [5.41, 5.74) is 2.13. The monoisotopic (exact) mass is 392 g/mol. The Morgan fingerprint density at radius 2 is 2.21 bits per heavy atom. The van der Waals surface area contributed by atoms with Crippen LogP contribution in [-0.2, 0) is 4.74 Å². The Labute approximate surface area is 132 Å². The van der Waals surface area contributed by atoms with E-state index in [-0.39, 0.29) is 11.4 Å². The summed E-state index contributed by atoms with van der Waals surface area (Å²) in [5.74, 6) is 0.919. The van der Waals surface area contributed by atoms with Gasteiger partial charge in [-0.3, -0.25) is 0 Å². The number of benzene rings is 1. The van der Waals surface area contributed by atoms with Crippen LogP contribution in [0.15, 0.2) is 18.2 Å². The number of alkyl halides is 1. The van der Waals surface area contributed by atoms with Crippen LogP contribution in [0.25, 0.3) is 11.0 Å². The van der Waals surface area contributed by atoms with E-state index in [4.69, 9.17) is 21.3 Å². The molecule has 0 aliphatic carbocycles. The molecule has 0 saturated carbocycles. The Hall–Kier alpha value is -0.330. The number of nitrogens with zero attached hydrogens (tertiary/aromatic N) is 2. The van der Waals surface area contributed by atoms with Gasteiger partial charge in [-0.15, -0.1) is 11.6 Å². The zero-order chi connectivity index (χ0) is 14.0. The molecule has 0 amide bonds. The van der Waals surface area contributed by atoms with Gasteiger partial charge in [0.25, 0.3) is 0 Å². The van der Waals surface area contributed by atoms with E-state index in [0.29, 0.717) is 6.61 Å². The average molecular weight is 393 g/mol. The predicted molar refractivity (Wildman–Crippen MR) is 87.9 cm³/mol. The van der Waals surface area contributed by atoms with E-state index in [0.717, 1.165) is 23.3 Å². The molecule has 19 heavy (non-hydrogen) atoms. The van der Waals surface area contributed by atoms with Crippen molar-refractivity contribution >= 4 is 45.2 Å². The number of hydrogen-bond donors (Lipinski definition) is 0. The number of halogens is 2. The van der Waals surface area contributed by atoms with Crippen molar-refractivity contribution in [2.75, 3.05) is 13.7 Å². The highest BCUT2D eigenvalue weighted by Gasteiger charge is 2.20. The number of imidazole rings is 1. The van der Waals surface area contributed by atoms with Crippen LogP contribution in [0.4, 0.5) is 0 Å². The van der Waals surface area contributed by atoms with Crippen LogP contribution >= 0.6 is 34.2 Å². The topological polar surface area (TPSA) is 27.1 Å². The van der Waals surface area contributed by atoms with E-state index in [1.807, 2.05) is 6.92 Å². The van der Waals surface area contributed by atoms with Crippen molar-refractivity contribution in [3.8, 4) is 0 Å². The lowest BCUT2D eigenvalue weighted by Crippen LogP contribution is -2.16. The molecule has 0 N–H and O–H groups in total. The van der Waals surface area contributed by atoms with Gasteiger partial charge in [-0.05, 0) is 54.1 Å². The Balaban J connectivity index is 2.63. The van der Waals surface area contributed by atoms with Crippen LogP contribution in [0.5, 0.6) is 0 Å². The first-order valence-corrected chi connectivity index (χ1v) is 7.90. The second-order valence-corrected chi connectivity index (χ2v) is 6.51.